The second-order valence-corrected chi connectivity index (χ2v) is 7.98. The third-order valence-electron chi connectivity index (χ3n) is 3.03. The highest BCUT2D eigenvalue weighted by atomic mass is 35.5. The number of aromatic nitrogens is 1. The van der Waals surface area contributed by atoms with Crippen LogP contribution < -0.4 is 5.32 Å². The SMILES string of the molecule is CSc1cccc2sc(NC(=O)CSc3ccc(Cl)cc3)nc12. The van der Waals surface area contributed by atoms with E-state index in [9.17, 15) is 4.79 Å². The van der Waals surface area contributed by atoms with Crippen LogP contribution in [0.15, 0.2) is 52.3 Å². The summed E-state index contributed by atoms with van der Waals surface area (Å²) in [6, 6.07) is 13.5. The number of thioether (sulfide) groups is 2. The smallest absolute Gasteiger partial charge is 0.236 e. The monoisotopic (exact) mass is 380 g/mol. The number of rotatable bonds is 5. The largest absolute Gasteiger partial charge is 0.301 e. The van der Waals surface area contributed by atoms with Gasteiger partial charge in [0.05, 0.1) is 16.0 Å². The molecule has 0 radical (unpaired) electrons. The molecule has 3 rings (SSSR count). The Morgan fingerprint density at radius 3 is 2.78 bits per heavy atom. The predicted molar refractivity (Wildman–Crippen MR) is 102 cm³/mol. The maximum Gasteiger partial charge on any atom is 0.236 e. The number of carbonyl (C=O) groups is 1. The van der Waals surface area contributed by atoms with E-state index < -0.39 is 0 Å². The molecule has 0 aliphatic carbocycles. The van der Waals surface area contributed by atoms with Crippen molar-refractivity contribution in [3.05, 3.63) is 47.5 Å². The zero-order chi connectivity index (χ0) is 16.2. The minimum absolute atomic E-state index is 0.0605. The summed E-state index contributed by atoms with van der Waals surface area (Å²) in [6.07, 6.45) is 2.02. The van der Waals surface area contributed by atoms with E-state index >= 15 is 0 Å². The fraction of sp³-hybridized carbons (Fsp3) is 0.125. The second kappa shape index (κ2) is 7.57. The third-order valence-corrected chi connectivity index (χ3v) is 6.00. The average molecular weight is 381 g/mol. The molecule has 0 bridgehead atoms. The first-order chi connectivity index (χ1) is 11.2. The first-order valence-electron chi connectivity index (χ1n) is 6.77. The predicted octanol–water partition coefficient (Wildman–Crippen LogP) is 5.40. The first-order valence-corrected chi connectivity index (χ1v) is 10.2. The second-order valence-electron chi connectivity index (χ2n) is 4.62. The summed E-state index contributed by atoms with van der Waals surface area (Å²) < 4.78 is 1.08. The number of nitrogens with zero attached hydrogens (tertiary/aromatic N) is 1. The van der Waals surface area contributed by atoms with Gasteiger partial charge in [0.1, 0.15) is 0 Å². The lowest BCUT2D eigenvalue weighted by Crippen LogP contribution is -2.13. The number of amides is 1. The van der Waals surface area contributed by atoms with Gasteiger partial charge in [-0.2, -0.15) is 0 Å². The molecule has 1 amide bonds. The average Bonchev–Trinajstić information content (AvgIpc) is 2.96. The summed E-state index contributed by atoms with van der Waals surface area (Å²) in [5, 5.41) is 4.21. The molecule has 1 aromatic heterocycles. The Hall–Kier alpha value is -1.21. The molecule has 23 heavy (non-hydrogen) atoms. The summed E-state index contributed by atoms with van der Waals surface area (Å²) in [6.45, 7) is 0. The number of carbonyl (C=O) groups excluding carboxylic acids is 1. The molecule has 2 aromatic carbocycles. The van der Waals surface area contributed by atoms with Crippen LogP contribution in [0.25, 0.3) is 10.2 Å². The molecule has 0 saturated heterocycles. The normalized spacial score (nSPS) is 10.9. The first kappa shape index (κ1) is 16.6. The lowest BCUT2D eigenvalue weighted by molar-refractivity contribution is -0.113. The van der Waals surface area contributed by atoms with Crippen LogP contribution in [-0.4, -0.2) is 22.9 Å². The molecular weight excluding hydrogens is 368 g/mol. The minimum atomic E-state index is -0.0605. The van der Waals surface area contributed by atoms with Crippen molar-refractivity contribution in [3.63, 3.8) is 0 Å². The van der Waals surface area contributed by atoms with Crippen LogP contribution in [0.2, 0.25) is 5.02 Å². The Kier molecular flexibility index (Phi) is 5.48. The zero-order valence-corrected chi connectivity index (χ0v) is 15.4. The van der Waals surface area contributed by atoms with Crippen molar-refractivity contribution in [1.82, 2.24) is 4.98 Å². The van der Waals surface area contributed by atoms with Crippen LogP contribution in [0.5, 0.6) is 0 Å². The number of hydrogen-bond acceptors (Lipinski definition) is 5. The number of nitrogens with one attached hydrogen (secondary N) is 1. The van der Waals surface area contributed by atoms with Crippen molar-refractivity contribution in [2.45, 2.75) is 9.79 Å². The van der Waals surface area contributed by atoms with Gasteiger partial charge in [-0.15, -0.1) is 23.5 Å². The Bertz CT molecular complexity index is 833. The van der Waals surface area contributed by atoms with Crippen LogP contribution in [-0.2, 0) is 4.79 Å². The molecule has 0 fully saturated rings. The molecule has 0 aliphatic heterocycles. The quantitative estimate of drug-likeness (QED) is 0.601. The molecule has 3 aromatic rings. The number of thiazole rings is 1. The number of halogens is 1. The van der Waals surface area contributed by atoms with E-state index in [-0.39, 0.29) is 5.91 Å². The lowest BCUT2D eigenvalue weighted by atomic mass is 10.3. The van der Waals surface area contributed by atoms with Crippen molar-refractivity contribution in [3.8, 4) is 0 Å². The van der Waals surface area contributed by atoms with E-state index in [2.05, 4.69) is 10.3 Å². The van der Waals surface area contributed by atoms with Gasteiger partial charge >= 0.3 is 0 Å². The van der Waals surface area contributed by atoms with E-state index in [0.717, 1.165) is 20.0 Å². The fourth-order valence-electron chi connectivity index (χ4n) is 1.98. The Morgan fingerprint density at radius 1 is 1.26 bits per heavy atom. The summed E-state index contributed by atoms with van der Waals surface area (Å²) >= 11 is 10.5. The van der Waals surface area contributed by atoms with Crippen molar-refractivity contribution in [2.24, 2.45) is 0 Å². The van der Waals surface area contributed by atoms with Gasteiger partial charge in [-0.3, -0.25) is 4.79 Å². The molecule has 0 atom stereocenters. The van der Waals surface area contributed by atoms with Crippen molar-refractivity contribution in [2.75, 3.05) is 17.3 Å². The van der Waals surface area contributed by atoms with E-state index in [1.807, 2.05) is 48.7 Å². The molecule has 1 N–H and O–H groups in total. The van der Waals surface area contributed by atoms with Gasteiger partial charge < -0.3 is 5.32 Å². The molecule has 3 nitrogen and oxygen atoms in total. The molecule has 0 aliphatic rings. The summed E-state index contributed by atoms with van der Waals surface area (Å²) in [7, 11) is 0. The van der Waals surface area contributed by atoms with E-state index in [0.29, 0.717) is 15.9 Å². The van der Waals surface area contributed by atoms with E-state index in [4.69, 9.17) is 11.6 Å². The zero-order valence-electron chi connectivity index (χ0n) is 12.2. The Balaban J connectivity index is 1.64. The number of anilines is 1. The molecule has 7 heteroatoms. The fourth-order valence-corrected chi connectivity index (χ4v) is 4.34. The maximum absolute atomic E-state index is 12.1. The van der Waals surface area contributed by atoms with Crippen molar-refractivity contribution < 1.29 is 4.79 Å². The summed E-state index contributed by atoms with van der Waals surface area (Å²) in [4.78, 5) is 18.7. The molecule has 1 heterocycles. The van der Waals surface area contributed by atoms with E-state index in [1.165, 1.54) is 23.1 Å². The van der Waals surface area contributed by atoms with Gasteiger partial charge in [0.25, 0.3) is 0 Å². The highest BCUT2D eigenvalue weighted by Crippen LogP contribution is 2.32. The number of hydrogen-bond donors (Lipinski definition) is 1. The summed E-state index contributed by atoms with van der Waals surface area (Å²) in [5.74, 6) is 0.280. The van der Waals surface area contributed by atoms with Crippen LogP contribution >= 0.6 is 46.5 Å². The maximum atomic E-state index is 12.1. The molecule has 0 saturated carbocycles. The van der Waals surface area contributed by atoms with Crippen molar-refractivity contribution >= 4 is 67.7 Å². The van der Waals surface area contributed by atoms with Gasteiger partial charge in [0.15, 0.2) is 5.13 Å². The van der Waals surface area contributed by atoms with Gasteiger partial charge in [0.2, 0.25) is 5.91 Å². The Morgan fingerprint density at radius 2 is 2.04 bits per heavy atom. The van der Waals surface area contributed by atoms with Gasteiger partial charge in [-0.25, -0.2) is 4.98 Å². The highest BCUT2D eigenvalue weighted by molar-refractivity contribution is 8.00. The number of fused-ring (bicyclic) bond motifs is 1. The lowest BCUT2D eigenvalue weighted by Gasteiger charge is -2.02. The van der Waals surface area contributed by atoms with Crippen LogP contribution in [0, 0.1) is 0 Å². The van der Waals surface area contributed by atoms with E-state index in [1.54, 1.807) is 11.8 Å². The van der Waals surface area contributed by atoms with Crippen LogP contribution in [0.4, 0.5) is 5.13 Å². The van der Waals surface area contributed by atoms with Gasteiger partial charge in [-0.1, -0.05) is 29.0 Å². The topological polar surface area (TPSA) is 42.0 Å². The Labute approximate surface area is 151 Å². The molecule has 0 unspecified atom stereocenters. The molecular formula is C16H13ClN2OS3. The number of benzene rings is 2. The number of para-hydroxylation sites is 1. The van der Waals surface area contributed by atoms with Crippen LogP contribution in [0.1, 0.15) is 0 Å². The van der Waals surface area contributed by atoms with Gasteiger partial charge in [-0.05, 0) is 42.7 Å². The minimum Gasteiger partial charge on any atom is -0.301 e. The summed E-state index contributed by atoms with van der Waals surface area (Å²) in [5.41, 5.74) is 0.950. The van der Waals surface area contributed by atoms with Crippen molar-refractivity contribution in [1.29, 1.82) is 0 Å². The van der Waals surface area contributed by atoms with Gasteiger partial charge in [0, 0.05) is 14.8 Å². The van der Waals surface area contributed by atoms with Crippen LogP contribution in [0.3, 0.4) is 0 Å². The highest BCUT2D eigenvalue weighted by Gasteiger charge is 2.10. The standard InChI is InChI=1S/C16H13ClN2OS3/c1-21-12-3-2-4-13-15(12)19-16(23-13)18-14(20)9-22-11-7-5-10(17)6-8-11/h2-8H,9H2,1H3,(H,18,19,20). The third kappa shape index (κ3) is 4.20. The molecule has 118 valence electrons. The molecule has 0 spiro atoms.